The largest absolute Gasteiger partial charge is 0.456 e. The Hall–Kier alpha value is -3.88. The predicted molar refractivity (Wildman–Crippen MR) is 159 cm³/mol. The molecule has 1 nitrogen and oxygen atoms in total. The third-order valence-electron chi connectivity index (χ3n) is 7.78. The number of rotatable bonds is 1. The van der Waals surface area contributed by atoms with E-state index in [1.54, 1.807) is 6.07 Å². The zero-order valence-corrected chi connectivity index (χ0v) is 21.6. The smallest absolute Gasteiger partial charge is 0.136 e. The number of hydrogen-bond donors (Lipinski definition) is 0. The van der Waals surface area contributed by atoms with Crippen LogP contribution < -0.4 is 0 Å². The van der Waals surface area contributed by atoms with Crippen molar-refractivity contribution < 1.29 is 15.4 Å². The van der Waals surface area contributed by atoms with Gasteiger partial charge >= 0.3 is 0 Å². The maximum absolute atomic E-state index is 8.90. The Bertz CT molecular complexity index is 2430. The predicted octanol–water partition coefficient (Wildman–Crippen LogP) is 10.6. The van der Waals surface area contributed by atoms with Gasteiger partial charge in [-0.3, -0.25) is 0 Å². The molecule has 0 fully saturated rings. The lowest BCUT2D eigenvalue weighted by Crippen LogP contribution is -2.14. The molecule has 0 saturated heterocycles. The Labute approximate surface area is 234 Å². The highest BCUT2D eigenvalue weighted by Gasteiger charge is 2.36. The molecule has 0 spiro atoms. The zero-order valence-electron chi connectivity index (χ0n) is 28.0. The quantitative estimate of drug-likeness (QED) is 0.186. The van der Waals surface area contributed by atoms with Gasteiger partial charge in [0.15, 0.2) is 0 Å². The van der Waals surface area contributed by atoms with E-state index in [0.29, 0.717) is 22.3 Å². The summed E-state index contributed by atoms with van der Waals surface area (Å²) in [5.74, 6) is 0. The van der Waals surface area contributed by atoms with Crippen molar-refractivity contribution in [2.24, 2.45) is 0 Å². The van der Waals surface area contributed by atoms with Crippen molar-refractivity contribution in [1.82, 2.24) is 0 Å². The van der Waals surface area contributed by atoms with Crippen molar-refractivity contribution in [3.05, 3.63) is 119 Å². The lowest BCUT2D eigenvalue weighted by atomic mass is 9.82. The summed E-state index contributed by atoms with van der Waals surface area (Å²) in [6.07, 6.45) is 0. The summed E-state index contributed by atoms with van der Waals surface area (Å²) in [5, 5.41) is 2.45. The SMILES string of the molecule is [2H]c1c([2H])c([2H])c2c(-c3ccc4c(c3)oc3cc5c(cc34)C(C)(C)c3ccccc3-5)c3c([2H])c([2H])c([2H])c([2H])c3c(Br)c2c1[2H]. The normalized spacial score (nSPS) is 17.1. The van der Waals surface area contributed by atoms with Crippen molar-refractivity contribution in [3.8, 4) is 22.3 Å². The van der Waals surface area contributed by atoms with E-state index in [-0.39, 0.29) is 55.6 Å². The molecule has 6 aromatic carbocycles. The Kier molecular flexibility index (Phi) is 2.93. The van der Waals surface area contributed by atoms with Crippen LogP contribution in [0.1, 0.15) is 35.9 Å². The fraction of sp³-hybridized carbons (Fsp3) is 0.0857. The lowest BCUT2D eigenvalue weighted by Gasteiger charge is -2.21. The summed E-state index contributed by atoms with van der Waals surface area (Å²) in [6, 6.07) is 15.3. The molecule has 37 heavy (non-hydrogen) atoms. The van der Waals surface area contributed by atoms with E-state index in [9.17, 15) is 0 Å². The molecular weight excluding hydrogens is 516 g/mol. The van der Waals surface area contributed by atoms with E-state index in [2.05, 4.69) is 60.1 Å². The van der Waals surface area contributed by atoms with Crippen LogP contribution in [-0.2, 0) is 5.41 Å². The van der Waals surface area contributed by atoms with Crippen molar-refractivity contribution in [3.63, 3.8) is 0 Å². The van der Waals surface area contributed by atoms with Crippen LogP contribution in [0.4, 0.5) is 0 Å². The molecule has 0 bridgehead atoms. The number of benzene rings is 6. The van der Waals surface area contributed by atoms with Crippen LogP contribution in [0.25, 0.3) is 65.7 Å². The Balaban J connectivity index is 1.50. The van der Waals surface area contributed by atoms with Gasteiger partial charge in [-0.1, -0.05) is 92.5 Å². The molecule has 0 atom stereocenters. The molecule has 176 valence electrons. The summed E-state index contributed by atoms with van der Waals surface area (Å²) < 4.78 is 75.5. The summed E-state index contributed by atoms with van der Waals surface area (Å²) in [6.45, 7) is 4.44. The van der Waals surface area contributed by atoms with Gasteiger partial charge in [-0.2, -0.15) is 0 Å². The highest BCUT2D eigenvalue weighted by atomic mass is 79.9. The van der Waals surface area contributed by atoms with Crippen LogP contribution >= 0.6 is 15.9 Å². The van der Waals surface area contributed by atoms with Crippen LogP contribution in [0.2, 0.25) is 0 Å². The highest BCUT2D eigenvalue weighted by Crippen LogP contribution is 2.51. The first-order valence-electron chi connectivity index (χ1n) is 16.1. The van der Waals surface area contributed by atoms with E-state index < -0.39 is 24.2 Å². The second-order valence-electron chi connectivity index (χ2n) is 10.1. The molecule has 0 saturated carbocycles. The maximum atomic E-state index is 8.90. The van der Waals surface area contributed by atoms with E-state index in [0.717, 1.165) is 16.3 Å². The average Bonchev–Trinajstić information content (AvgIpc) is 3.50. The minimum Gasteiger partial charge on any atom is -0.456 e. The van der Waals surface area contributed by atoms with Crippen molar-refractivity contribution in [2.75, 3.05) is 0 Å². The van der Waals surface area contributed by atoms with Gasteiger partial charge in [-0.05, 0) is 95.1 Å². The molecule has 7 aromatic rings. The fourth-order valence-corrected chi connectivity index (χ4v) is 6.59. The topological polar surface area (TPSA) is 13.1 Å². The standard InChI is InChI=1S/C35H23BrO/c1-35(2)29-14-8-7-9-21(29)27-19-32-28(18-30(27)35)22-16-15-20(17-31(22)37-32)33-23-10-3-5-12-25(23)34(36)26-13-6-4-11-24(26)33/h3-19H,1-2H3/i3D,4D,5D,6D,10D,11D,12D,13D. The summed E-state index contributed by atoms with van der Waals surface area (Å²) in [5.41, 5.74) is 6.66. The Morgan fingerprint density at radius 3 is 2.03 bits per heavy atom. The number of halogens is 1. The van der Waals surface area contributed by atoms with Gasteiger partial charge in [0.2, 0.25) is 0 Å². The second kappa shape index (κ2) is 7.34. The van der Waals surface area contributed by atoms with E-state index >= 15 is 0 Å². The van der Waals surface area contributed by atoms with Crippen molar-refractivity contribution in [1.29, 1.82) is 0 Å². The average molecular weight is 548 g/mol. The van der Waals surface area contributed by atoms with Gasteiger partial charge in [0.1, 0.15) is 11.2 Å². The third-order valence-corrected chi connectivity index (χ3v) is 8.57. The van der Waals surface area contributed by atoms with Crippen LogP contribution in [-0.4, -0.2) is 0 Å². The zero-order chi connectivity index (χ0) is 31.9. The van der Waals surface area contributed by atoms with Gasteiger partial charge in [0.05, 0.1) is 11.0 Å². The third kappa shape index (κ3) is 2.79. The first-order valence-corrected chi connectivity index (χ1v) is 12.9. The molecule has 0 N–H and O–H groups in total. The highest BCUT2D eigenvalue weighted by molar-refractivity contribution is 9.10. The monoisotopic (exact) mass is 546 g/mol. The van der Waals surface area contributed by atoms with Crippen molar-refractivity contribution in [2.45, 2.75) is 19.3 Å². The molecule has 1 aromatic heterocycles. The molecule has 0 radical (unpaired) electrons. The molecule has 2 heteroatoms. The van der Waals surface area contributed by atoms with Crippen LogP contribution in [0.5, 0.6) is 0 Å². The van der Waals surface area contributed by atoms with E-state index in [4.69, 9.17) is 15.4 Å². The van der Waals surface area contributed by atoms with E-state index in [1.807, 2.05) is 18.2 Å². The molecule has 0 unspecified atom stereocenters. The summed E-state index contributed by atoms with van der Waals surface area (Å²) in [4.78, 5) is 0. The molecule has 1 heterocycles. The van der Waals surface area contributed by atoms with Crippen molar-refractivity contribution >= 4 is 59.4 Å². The maximum Gasteiger partial charge on any atom is 0.136 e. The molecule has 1 aliphatic carbocycles. The Morgan fingerprint density at radius 2 is 1.30 bits per heavy atom. The van der Waals surface area contributed by atoms with Gasteiger partial charge in [0, 0.05) is 20.7 Å². The summed E-state index contributed by atoms with van der Waals surface area (Å²) >= 11 is 3.47. The minimum absolute atomic E-state index is 0.149. The van der Waals surface area contributed by atoms with Crippen LogP contribution in [0.3, 0.4) is 0 Å². The number of hydrogen-bond acceptors (Lipinski definition) is 1. The molecule has 0 amide bonds. The second-order valence-corrected chi connectivity index (χ2v) is 10.9. The van der Waals surface area contributed by atoms with Gasteiger partial charge in [-0.15, -0.1) is 0 Å². The molecule has 0 aliphatic heterocycles. The van der Waals surface area contributed by atoms with Gasteiger partial charge in [0.25, 0.3) is 0 Å². The molecular formula is C35H23BrO. The van der Waals surface area contributed by atoms with Gasteiger partial charge < -0.3 is 4.42 Å². The summed E-state index contributed by atoms with van der Waals surface area (Å²) in [7, 11) is 0. The number of furan rings is 1. The Morgan fingerprint density at radius 1 is 0.649 bits per heavy atom. The lowest BCUT2D eigenvalue weighted by molar-refractivity contribution is 0.658. The first-order chi connectivity index (χ1) is 21.3. The van der Waals surface area contributed by atoms with Gasteiger partial charge in [-0.25, -0.2) is 0 Å². The van der Waals surface area contributed by atoms with Crippen LogP contribution in [0.15, 0.2) is 112 Å². The van der Waals surface area contributed by atoms with E-state index in [1.165, 1.54) is 16.7 Å². The molecule has 1 aliphatic rings. The van der Waals surface area contributed by atoms with Crippen LogP contribution in [0, 0.1) is 0 Å². The minimum atomic E-state index is -0.428. The fourth-order valence-electron chi connectivity index (χ4n) is 5.99. The number of fused-ring (bicyclic) bond motifs is 8. The first kappa shape index (κ1) is 14.8. The molecule has 8 rings (SSSR count).